The van der Waals surface area contributed by atoms with Crippen LogP contribution in [0.25, 0.3) is 45.0 Å². The van der Waals surface area contributed by atoms with Gasteiger partial charge in [-0.3, -0.25) is 9.59 Å². The molecule has 6 aromatic carbocycles. The maximum Gasteiger partial charge on any atom is 0.408 e. The number of carbonyl (C=O) groups excluding carboxylic acids is 3. The smallest absolute Gasteiger partial charge is 0.408 e. The molecular formula is C78H80ClN13O4. The summed E-state index contributed by atoms with van der Waals surface area (Å²) in [7, 11) is 0. The second-order valence-electron chi connectivity index (χ2n) is 25.8. The van der Waals surface area contributed by atoms with Crippen LogP contribution in [0.4, 0.5) is 4.79 Å². The lowest BCUT2D eigenvalue weighted by molar-refractivity contribution is -0.135. The van der Waals surface area contributed by atoms with Crippen LogP contribution in [-0.2, 0) is 14.3 Å². The van der Waals surface area contributed by atoms with E-state index in [-0.39, 0.29) is 42.2 Å². The Morgan fingerprint density at radius 3 is 1.19 bits per heavy atom. The minimum absolute atomic E-state index is 0. The summed E-state index contributed by atoms with van der Waals surface area (Å²) in [4.78, 5) is 76.7. The molecule has 0 radical (unpaired) electrons. The summed E-state index contributed by atoms with van der Waals surface area (Å²) in [6, 6.07) is 51.4. The number of carbonyl (C=O) groups is 3. The van der Waals surface area contributed by atoms with Crippen LogP contribution in [0.15, 0.2) is 183 Å². The van der Waals surface area contributed by atoms with Gasteiger partial charge in [0.2, 0.25) is 5.91 Å². The molecule has 18 heteroatoms. The highest BCUT2D eigenvalue weighted by molar-refractivity contribution is 5.88. The molecule has 4 aliphatic heterocycles. The zero-order chi connectivity index (χ0) is 65.3. The number of alkyl carbamates (subject to hydrolysis) is 1. The van der Waals surface area contributed by atoms with E-state index in [9.17, 15) is 14.4 Å². The molecule has 14 rings (SSSR count). The van der Waals surface area contributed by atoms with Crippen molar-refractivity contribution in [2.24, 2.45) is 0 Å². The quantitative estimate of drug-likeness (QED) is 0.0542. The van der Waals surface area contributed by atoms with Crippen molar-refractivity contribution in [3.05, 3.63) is 239 Å². The lowest BCUT2D eigenvalue weighted by Crippen LogP contribution is -2.44. The maximum atomic E-state index is 14.1. The van der Waals surface area contributed by atoms with E-state index in [0.717, 1.165) is 148 Å². The number of rotatable bonds is 13. The molecule has 17 nitrogen and oxygen atoms in total. The molecule has 7 N–H and O–H groups in total. The first-order chi connectivity index (χ1) is 46.3. The maximum absolute atomic E-state index is 14.1. The highest BCUT2D eigenvalue weighted by atomic mass is 35.5. The summed E-state index contributed by atoms with van der Waals surface area (Å²) in [6.45, 7) is 10.8. The average molecular weight is 1300 g/mol. The first kappa shape index (κ1) is 65.7. The fraction of sp³-hybridized carbons (Fsp3) is 0.295. The topological polar surface area (TPSA) is 218 Å². The third-order valence-corrected chi connectivity index (χ3v) is 18.1. The van der Waals surface area contributed by atoms with E-state index in [1.165, 1.54) is 12.8 Å². The summed E-state index contributed by atoms with van der Waals surface area (Å²) in [5.41, 5.74) is 12.8. The van der Waals surface area contributed by atoms with Crippen LogP contribution < -0.4 is 16.0 Å². The molecule has 10 aromatic rings. The van der Waals surface area contributed by atoms with Gasteiger partial charge in [0.25, 0.3) is 5.91 Å². The minimum Gasteiger partial charge on any atom is -0.444 e. The zero-order valence-electron chi connectivity index (χ0n) is 54.5. The molecule has 0 saturated carbocycles. The molecule has 0 aliphatic carbocycles. The third kappa shape index (κ3) is 15.7. The van der Waals surface area contributed by atoms with Crippen LogP contribution in [0, 0.1) is 23.7 Å². The van der Waals surface area contributed by atoms with Crippen LogP contribution in [0.3, 0.4) is 0 Å². The van der Waals surface area contributed by atoms with Gasteiger partial charge in [-0.25, -0.2) is 24.7 Å². The molecule has 3 amide bonds. The Labute approximate surface area is 567 Å². The van der Waals surface area contributed by atoms with E-state index in [4.69, 9.17) is 14.7 Å². The second kappa shape index (κ2) is 30.0. The SMILES string of the molecule is C(#Cc1ccc(-c2cnc([C@@H]3CCCN3)[nH]2)cc1)c1ccc(-c2cnc([C@@H]3CCCN3)[nH]2)cc1.C[C@@H](C(=O)N1CCC[C@H]1c1ncc(-c2ccc(C#Cc3ccc(-c4cnc([C@@H]5CCCN5C(=O)[C@H](NC(=O)OC(C)(C)C)c5ccccc5)[nH]4)cc3)cc2)[nH]1)c1ccccc1.Cl. The fourth-order valence-corrected chi connectivity index (χ4v) is 13.0. The number of nitrogens with zero attached hydrogens (tertiary/aromatic N) is 6. The number of imidazole rings is 4. The number of ether oxygens (including phenoxy) is 1. The number of benzene rings is 6. The number of aromatic amines is 4. The molecule has 4 saturated heterocycles. The first-order valence-corrected chi connectivity index (χ1v) is 33.1. The lowest BCUT2D eigenvalue weighted by atomic mass is 9.99. The van der Waals surface area contributed by atoms with Crippen LogP contribution in [0.5, 0.6) is 0 Å². The third-order valence-electron chi connectivity index (χ3n) is 18.1. The predicted octanol–water partition coefficient (Wildman–Crippen LogP) is 14.4. The van der Waals surface area contributed by atoms with Gasteiger partial charge in [0.1, 0.15) is 34.9 Å². The van der Waals surface area contributed by atoms with Gasteiger partial charge in [-0.05, 0) is 174 Å². The van der Waals surface area contributed by atoms with Gasteiger partial charge in [0.15, 0.2) is 0 Å². The molecule has 6 atom stereocenters. The summed E-state index contributed by atoms with van der Waals surface area (Å²) in [5, 5.41) is 9.79. The van der Waals surface area contributed by atoms with Crippen molar-refractivity contribution in [1.29, 1.82) is 0 Å². The van der Waals surface area contributed by atoms with Gasteiger partial charge in [0, 0.05) is 35.3 Å². The Hall–Kier alpha value is -10.3. The number of hydrogen-bond acceptors (Lipinski definition) is 10. The Bertz CT molecular complexity index is 4290. The Kier molecular flexibility index (Phi) is 20.5. The Morgan fingerprint density at radius 2 is 0.823 bits per heavy atom. The van der Waals surface area contributed by atoms with E-state index in [2.05, 4.69) is 118 Å². The Balaban J connectivity index is 0.000000212. The number of amides is 3. The van der Waals surface area contributed by atoms with Crippen molar-refractivity contribution in [3.8, 4) is 68.7 Å². The molecule has 0 unspecified atom stereocenters. The molecule has 8 heterocycles. The van der Waals surface area contributed by atoms with E-state index in [1.54, 1.807) is 31.9 Å². The van der Waals surface area contributed by atoms with Crippen molar-refractivity contribution in [1.82, 2.24) is 65.6 Å². The summed E-state index contributed by atoms with van der Waals surface area (Å²) >= 11 is 0. The van der Waals surface area contributed by atoms with Crippen LogP contribution >= 0.6 is 12.4 Å². The second-order valence-corrected chi connectivity index (χ2v) is 25.8. The molecule has 488 valence electrons. The largest absolute Gasteiger partial charge is 0.444 e. The van der Waals surface area contributed by atoms with E-state index < -0.39 is 17.7 Å². The van der Waals surface area contributed by atoms with E-state index >= 15 is 0 Å². The van der Waals surface area contributed by atoms with Gasteiger partial charge in [0.05, 0.1) is 77.6 Å². The monoisotopic (exact) mass is 1300 g/mol. The number of halogens is 1. The van der Waals surface area contributed by atoms with Gasteiger partial charge in [-0.2, -0.15) is 0 Å². The highest BCUT2D eigenvalue weighted by Crippen LogP contribution is 2.37. The predicted molar refractivity (Wildman–Crippen MR) is 376 cm³/mol. The summed E-state index contributed by atoms with van der Waals surface area (Å²) in [5.74, 6) is 16.4. The minimum atomic E-state index is -0.899. The zero-order valence-corrected chi connectivity index (χ0v) is 55.3. The van der Waals surface area contributed by atoms with Crippen LogP contribution in [-0.4, -0.2) is 99.4 Å². The summed E-state index contributed by atoms with van der Waals surface area (Å²) in [6.07, 6.45) is 14.9. The van der Waals surface area contributed by atoms with Gasteiger partial charge >= 0.3 is 6.09 Å². The van der Waals surface area contributed by atoms with Crippen LogP contribution in [0.1, 0.15) is 172 Å². The Morgan fingerprint density at radius 1 is 0.469 bits per heavy atom. The van der Waals surface area contributed by atoms with Crippen LogP contribution in [0.2, 0.25) is 0 Å². The van der Waals surface area contributed by atoms with Gasteiger partial charge in [-0.1, -0.05) is 133 Å². The fourth-order valence-electron chi connectivity index (χ4n) is 13.0. The van der Waals surface area contributed by atoms with Crippen molar-refractivity contribution >= 4 is 30.3 Å². The van der Waals surface area contributed by atoms with Crippen molar-refractivity contribution in [3.63, 3.8) is 0 Å². The standard InChI is InChI=1S/C50H51N7O4.C28H28N6.ClH/c1-33(36-13-7-5-8-14-36)47(58)56-29-11-17-42(56)45-51-31-40(53-45)37-25-21-34(22-26-37)19-20-35-23-27-38(28-24-35)41-32-52-46(54-41)43-18-12-30-57(43)48(59)44(39-15-9-6-10-16-39)55-49(60)61-50(2,3)4;1-3-23(29-15-1)27-31-17-25(33-27)21-11-7-19(8-12-21)5-6-20-9-13-22(14-10-20)26-18-32-28(34-26)24-4-2-16-30-24;/h5-10,13-16,21-28,31-33,42-44H,11-12,17-18,29-30H2,1-4H3,(H,51,53)(H,52,54)(H,55,60);7-14,17-18,23-24,29-30H,1-4,15-16H2,(H,31,33)(H,32,34);1H/t33-,42+,43+,44-;23-,24-;/m10./s1. The van der Waals surface area contributed by atoms with Crippen molar-refractivity contribution in [2.75, 3.05) is 26.2 Å². The molecule has 0 spiro atoms. The van der Waals surface area contributed by atoms with Crippen molar-refractivity contribution < 1.29 is 19.1 Å². The average Bonchev–Trinajstić information content (AvgIpc) is 1.65. The molecule has 4 fully saturated rings. The molecule has 4 aliphatic rings. The van der Waals surface area contributed by atoms with E-state index in [0.29, 0.717) is 30.0 Å². The molecule has 0 bridgehead atoms. The lowest BCUT2D eigenvalue weighted by Gasteiger charge is -2.29. The number of likely N-dealkylation sites (tertiary alicyclic amines) is 2. The number of hydrogen-bond donors (Lipinski definition) is 7. The number of aromatic nitrogens is 8. The molecular weight excluding hydrogens is 1220 g/mol. The number of H-pyrrole nitrogens is 4. The normalized spacial score (nSPS) is 18.0. The molecule has 96 heavy (non-hydrogen) atoms. The number of nitrogens with one attached hydrogen (secondary N) is 7. The van der Waals surface area contributed by atoms with Gasteiger partial charge < -0.3 is 50.4 Å². The van der Waals surface area contributed by atoms with E-state index in [1.807, 2.05) is 140 Å². The highest BCUT2D eigenvalue weighted by Gasteiger charge is 2.38. The molecule has 4 aromatic heterocycles. The van der Waals surface area contributed by atoms with Gasteiger partial charge in [-0.15, -0.1) is 12.4 Å². The van der Waals surface area contributed by atoms with Crippen molar-refractivity contribution in [2.45, 2.75) is 121 Å². The first-order valence-electron chi connectivity index (χ1n) is 33.1. The summed E-state index contributed by atoms with van der Waals surface area (Å²) < 4.78 is 5.51.